The number of esters is 1. The molecular formula is C20H23ClN4O3. The number of carbonyl (C=O) groups is 2. The lowest BCUT2D eigenvalue weighted by Crippen LogP contribution is -2.65. The van der Waals surface area contributed by atoms with E-state index < -0.39 is 11.4 Å². The summed E-state index contributed by atoms with van der Waals surface area (Å²) in [7, 11) is 1.29. The smallest absolute Gasteiger partial charge is 0.325 e. The summed E-state index contributed by atoms with van der Waals surface area (Å²) in [6, 6.07) is 7.46. The van der Waals surface area contributed by atoms with E-state index in [2.05, 4.69) is 24.9 Å². The summed E-state index contributed by atoms with van der Waals surface area (Å²) in [5, 5.41) is 3.36. The lowest BCUT2D eigenvalue weighted by Gasteiger charge is -2.50. The summed E-state index contributed by atoms with van der Waals surface area (Å²) in [4.78, 5) is 35.2. The molecular weight excluding hydrogens is 380 g/mol. The van der Waals surface area contributed by atoms with Crippen molar-refractivity contribution in [2.24, 2.45) is 5.41 Å². The standard InChI is InChI=1S/C20H23ClN4O3/c1-13-9-22-14(2)24-18(13)25-11-20(12-25,19(27)23-10-17(26)28-3)8-15-4-6-16(21)7-5-15/h4-7,9H,8,10-12H2,1-3H3,(H,23,27). The lowest BCUT2D eigenvalue weighted by atomic mass is 9.73. The molecule has 148 valence electrons. The molecule has 0 atom stereocenters. The quantitative estimate of drug-likeness (QED) is 0.745. The van der Waals surface area contributed by atoms with E-state index in [1.165, 1.54) is 7.11 Å². The minimum absolute atomic E-state index is 0.149. The Morgan fingerprint density at radius 1 is 1.25 bits per heavy atom. The van der Waals surface area contributed by atoms with E-state index in [9.17, 15) is 9.59 Å². The van der Waals surface area contributed by atoms with Gasteiger partial charge in [0.05, 0.1) is 12.5 Å². The molecule has 0 saturated carbocycles. The predicted octanol–water partition coefficient (Wildman–Crippen LogP) is 2.09. The number of halogens is 1. The lowest BCUT2D eigenvalue weighted by molar-refractivity contribution is -0.143. The number of amides is 1. The molecule has 2 aromatic rings. The van der Waals surface area contributed by atoms with Crippen molar-refractivity contribution in [1.82, 2.24) is 15.3 Å². The van der Waals surface area contributed by atoms with E-state index in [0.717, 1.165) is 16.9 Å². The number of hydrogen-bond donors (Lipinski definition) is 1. The van der Waals surface area contributed by atoms with Crippen molar-refractivity contribution in [2.45, 2.75) is 20.3 Å². The monoisotopic (exact) mass is 402 g/mol. The number of rotatable bonds is 6. The van der Waals surface area contributed by atoms with Gasteiger partial charge in [-0.3, -0.25) is 9.59 Å². The van der Waals surface area contributed by atoms with Gasteiger partial charge in [-0.1, -0.05) is 23.7 Å². The highest BCUT2D eigenvalue weighted by Crippen LogP contribution is 2.38. The number of methoxy groups -OCH3 is 1. The first-order valence-electron chi connectivity index (χ1n) is 8.98. The fourth-order valence-electron chi connectivity index (χ4n) is 3.41. The van der Waals surface area contributed by atoms with Crippen LogP contribution in [0.15, 0.2) is 30.5 Å². The van der Waals surface area contributed by atoms with Crippen molar-refractivity contribution in [3.63, 3.8) is 0 Å². The number of carbonyl (C=O) groups excluding carboxylic acids is 2. The average molecular weight is 403 g/mol. The zero-order chi connectivity index (χ0) is 20.3. The van der Waals surface area contributed by atoms with Crippen LogP contribution in [-0.4, -0.2) is 48.6 Å². The number of hydrogen-bond acceptors (Lipinski definition) is 6. The van der Waals surface area contributed by atoms with E-state index in [-0.39, 0.29) is 12.5 Å². The Kier molecular flexibility index (Phi) is 5.84. The largest absolute Gasteiger partial charge is 0.468 e. The van der Waals surface area contributed by atoms with Crippen molar-refractivity contribution < 1.29 is 14.3 Å². The van der Waals surface area contributed by atoms with Crippen LogP contribution in [0.25, 0.3) is 0 Å². The maximum atomic E-state index is 13.0. The van der Waals surface area contributed by atoms with Crippen LogP contribution in [0.4, 0.5) is 5.82 Å². The predicted molar refractivity (Wildman–Crippen MR) is 106 cm³/mol. The fraction of sp³-hybridized carbons (Fsp3) is 0.400. The number of aryl methyl sites for hydroxylation is 2. The molecule has 0 spiro atoms. The molecule has 0 radical (unpaired) electrons. The van der Waals surface area contributed by atoms with Gasteiger partial charge in [0.15, 0.2) is 0 Å². The Balaban J connectivity index is 1.80. The third-order valence-corrected chi connectivity index (χ3v) is 5.16. The fourth-order valence-corrected chi connectivity index (χ4v) is 3.54. The van der Waals surface area contributed by atoms with E-state index in [0.29, 0.717) is 30.4 Å². The van der Waals surface area contributed by atoms with E-state index >= 15 is 0 Å². The average Bonchev–Trinajstić information content (AvgIpc) is 2.65. The van der Waals surface area contributed by atoms with Crippen LogP contribution < -0.4 is 10.2 Å². The van der Waals surface area contributed by atoms with Crippen LogP contribution in [0, 0.1) is 19.3 Å². The highest BCUT2D eigenvalue weighted by atomic mass is 35.5. The topological polar surface area (TPSA) is 84.4 Å². The molecule has 1 fully saturated rings. The van der Waals surface area contributed by atoms with Gasteiger partial charge in [-0.05, 0) is 38.0 Å². The molecule has 0 unspecified atom stereocenters. The second-order valence-corrected chi connectivity index (χ2v) is 7.56. The Morgan fingerprint density at radius 3 is 2.57 bits per heavy atom. The Labute approximate surface area is 169 Å². The Morgan fingerprint density at radius 2 is 1.93 bits per heavy atom. The normalized spacial score (nSPS) is 14.9. The molecule has 1 aromatic heterocycles. The maximum Gasteiger partial charge on any atom is 0.325 e. The summed E-state index contributed by atoms with van der Waals surface area (Å²) in [5.41, 5.74) is 1.31. The highest BCUT2D eigenvalue weighted by Gasteiger charge is 2.50. The van der Waals surface area contributed by atoms with Gasteiger partial charge in [-0.15, -0.1) is 0 Å². The minimum atomic E-state index is -0.660. The van der Waals surface area contributed by atoms with Gasteiger partial charge in [0.25, 0.3) is 0 Å². The van der Waals surface area contributed by atoms with Crippen LogP contribution in [0.1, 0.15) is 17.0 Å². The first-order valence-corrected chi connectivity index (χ1v) is 9.35. The minimum Gasteiger partial charge on any atom is -0.468 e. The van der Waals surface area contributed by atoms with Crippen LogP contribution in [0.3, 0.4) is 0 Å². The van der Waals surface area contributed by atoms with Gasteiger partial charge in [-0.2, -0.15) is 0 Å². The second-order valence-electron chi connectivity index (χ2n) is 7.12. The van der Waals surface area contributed by atoms with E-state index in [4.69, 9.17) is 11.6 Å². The van der Waals surface area contributed by atoms with Crippen LogP contribution in [0.5, 0.6) is 0 Å². The van der Waals surface area contributed by atoms with Crippen LogP contribution >= 0.6 is 11.6 Å². The van der Waals surface area contributed by atoms with Gasteiger partial charge in [0, 0.05) is 29.9 Å². The zero-order valence-corrected chi connectivity index (χ0v) is 16.9. The maximum absolute atomic E-state index is 13.0. The van der Waals surface area contributed by atoms with Gasteiger partial charge in [-0.25, -0.2) is 9.97 Å². The first kappa shape index (κ1) is 20.1. The van der Waals surface area contributed by atoms with Gasteiger partial charge in [0.2, 0.25) is 5.91 Å². The molecule has 1 amide bonds. The van der Waals surface area contributed by atoms with Gasteiger partial charge in [0.1, 0.15) is 18.2 Å². The number of ether oxygens (including phenoxy) is 1. The number of benzene rings is 1. The van der Waals surface area contributed by atoms with E-state index in [1.54, 1.807) is 6.20 Å². The summed E-state index contributed by atoms with van der Waals surface area (Å²) in [6.07, 6.45) is 2.32. The SMILES string of the molecule is COC(=O)CNC(=O)C1(Cc2ccc(Cl)cc2)CN(c2nc(C)ncc2C)C1. The Hall–Kier alpha value is -2.67. The zero-order valence-electron chi connectivity index (χ0n) is 16.2. The summed E-state index contributed by atoms with van der Waals surface area (Å²) < 4.78 is 4.62. The molecule has 0 bridgehead atoms. The van der Waals surface area contributed by atoms with Gasteiger partial charge < -0.3 is 15.0 Å². The summed E-state index contributed by atoms with van der Waals surface area (Å²) >= 11 is 5.98. The van der Waals surface area contributed by atoms with Crippen LogP contribution in [0.2, 0.25) is 5.02 Å². The molecule has 7 nitrogen and oxygen atoms in total. The molecule has 1 aromatic carbocycles. The molecule has 1 saturated heterocycles. The molecule has 28 heavy (non-hydrogen) atoms. The first-order chi connectivity index (χ1) is 13.3. The molecule has 1 N–H and O–H groups in total. The van der Waals surface area contributed by atoms with Crippen LogP contribution in [-0.2, 0) is 20.7 Å². The third-order valence-electron chi connectivity index (χ3n) is 4.91. The molecule has 8 heteroatoms. The molecule has 1 aliphatic rings. The number of nitrogens with one attached hydrogen (secondary N) is 1. The number of nitrogens with zero attached hydrogens (tertiary/aromatic N) is 3. The highest BCUT2D eigenvalue weighted by molar-refractivity contribution is 6.30. The summed E-state index contributed by atoms with van der Waals surface area (Å²) in [5.74, 6) is 0.868. The Bertz CT molecular complexity index is 880. The van der Waals surface area contributed by atoms with Crippen molar-refractivity contribution in [1.29, 1.82) is 0 Å². The summed E-state index contributed by atoms with van der Waals surface area (Å²) in [6.45, 7) is 4.64. The van der Waals surface area contributed by atoms with Crippen molar-refractivity contribution in [3.05, 3.63) is 52.4 Å². The number of anilines is 1. The van der Waals surface area contributed by atoms with Crippen molar-refractivity contribution in [3.8, 4) is 0 Å². The number of aromatic nitrogens is 2. The molecule has 3 rings (SSSR count). The van der Waals surface area contributed by atoms with E-state index in [1.807, 2.05) is 38.1 Å². The molecule has 2 heterocycles. The second kappa shape index (κ2) is 8.14. The molecule has 1 aliphatic heterocycles. The third kappa shape index (κ3) is 4.25. The van der Waals surface area contributed by atoms with Gasteiger partial charge >= 0.3 is 5.97 Å². The van der Waals surface area contributed by atoms with Crippen molar-refractivity contribution in [2.75, 3.05) is 31.6 Å². The molecule has 0 aliphatic carbocycles. The van der Waals surface area contributed by atoms with Crippen molar-refractivity contribution >= 4 is 29.3 Å².